The Morgan fingerprint density at radius 2 is 0.520 bits per heavy atom. The van der Waals surface area contributed by atoms with Crippen molar-refractivity contribution in [2.45, 2.75) is 7.43 Å². The van der Waals surface area contributed by atoms with E-state index in [1.165, 1.54) is 176 Å². The molecule has 98 heavy (non-hydrogen) atoms. The first kappa shape index (κ1) is 60.1. The lowest BCUT2D eigenvalue weighted by Crippen LogP contribution is -2.01. The molecule has 3 heterocycles. The summed E-state index contributed by atoms with van der Waals surface area (Å²) in [6.45, 7) is 0. The smallest absolute Gasteiger partial charge is 0.0619 e. The van der Waals surface area contributed by atoms with E-state index >= 15 is 0 Å². The normalized spacial score (nSPS) is 11.5. The van der Waals surface area contributed by atoms with Crippen LogP contribution in [0.1, 0.15) is 7.43 Å². The third-order valence-electron chi connectivity index (χ3n) is 19.5. The number of benzene rings is 17. The molecule has 3 nitrogen and oxygen atoms in total. The molecule has 0 saturated carbocycles. The average Bonchev–Trinajstić information content (AvgIpc) is 1.08. The predicted octanol–water partition coefficient (Wildman–Crippen LogP) is 27.4. The van der Waals surface area contributed by atoms with Crippen LogP contribution in [0.3, 0.4) is 0 Å². The number of para-hydroxylation sites is 3. The van der Waals surface area contributed by atoms with Gasteiger partial charge in [-0.05, 0) is 130 Å². The number of rotatable bonds is 8. The van der Waals surface area contributed by atoms with Gasteiger partial charge in [-0.15, -0.1) is 0 Å². The quantitative estimate of drug-likeness (QED) is 0.147. The minimum absolute atomic E-state index is 0. The minimum Gasteiger partial charge on any atom is -0.354 e. The van der Waals surface area contributed by atoms with Gasteiger partial charge in [-0.25, -0.2) is 0 Å². The van der Waals surface area contributed by atoms with Crippen LogP contribution >= 0.6 is 31.9 Å². The zero-order chi connectivity index (χ0) is 64.5. The van der Waals surface area contributed by atoms with E-state index in [-0.39, 0.29) is 7.43 Å². The van der Waals surface area contributed by atoms with Gasteiger partial charge in [-0.2, -0.15) is 0 Å². The number of aromatic amines is 1. The minimum atomic E-state index is 0. The van der Waals surface area contributed by atoms with E-state index in [1.807, 2.05) is 6.07 Å². The topological polar surface area (TPSA) is 25.6 Å². The Labute approximate surface area is 585 Å². The van der Waals surface area contributed by atoms with Crippen LogP contribution in [0, 0.1) is 0 Å². The van der Waals surface area contributed by atoms with Gasteiger partial charge in [0.25, 0.3) is 0 Å². The van der Waals surface area contributed by atoms with E-state index in [9.17, 15) is 0 Å². The first-order valence-electron chi connectivity index (χ1n) is 33.0. The molecule has 5 heteroatoms. The van der Waals surface area contributed by atoms with Crippen molar-refractivity contribution in [2.75, 3.05) is 0 Å². The summed E-state index contributed by atoms with van der Waals surface area (Å²) in [4.78, 5) is 3.58. The summed E-state index contributed by atoms with van der Waals surface area (Å²) in [5, 5.41) is 19.1. The molecule has 3 aromatic heterocycles. The molecular weight excluding hydrogens is 1320 g/mol. The summed E-state index contributed by atoms with van der Waals surface area (Å²) in [7, 11) is 0. The first-order chi connectivity index (χ1) is 48.0. The zero-order valence-electron chi connectivity index (χ0n) is 52.6. The second-order valence-electron chi connectivity index (χ2n) is 24.9. The molecule has 0 atom stereocenters. The number of nitrogens with zero attached hydrogens (tertiary/aromatic N) is 2. The number of halogens is 2. The van der Waals surface area contributed by atoms with E-state index in [1.54, 1.807) is 0 Å². The van der Waals surface area contributed by atoms with Gasteiger partial charge in [0.1, 0.15) is 0 Å². The average molecular weight is 1380 g/mol. The van der Waals surface area contributed by atoms with E-state index in [4.69, 9.17) is 0 Å². The molecule has 1 N–H and O–H groups in total. The van der Waals surface area contributed by atoms with Gasteiger partial charge >= 0.3 is 0 Å². The molecule has 0 aliphatic rings. The lowest BCUT2D eigenvalue weighted by Gasteiger charge is -2.20. The van der Waals surface area contributed by atoms with Crippen LogP contribution in [0.4, 0.5) is 0 Å². The van der Waals surface area contributed by atoms with Gasteiger partial charge in [0.2, 0.25) is 0 Å². The lowest BCUT2D eigenvalue weighted by molar-refractivity contribution is 1.15. The molecule has 0 unspecified atom stereocenters. The van der Waals surface area contributed by atoms with Gasteiger partial charge in [-0.1, -0.05) is 349 Å². The van der Waals surface area contributed by atoms with Crippen LogP contribution in [-0.2, 0) is 0 Å². The maximum absolute atomic E-state index is 3.65. The van der Waals surface area contributed by atoms with Crippen molar-refractivity contribution in [2.24, 2.45) is 0 Å². The fraction of sp³-hybridized carbons (Fsp3) is 0.0108. The predicted molar refractivity (Wildman–Crippen MR) is 427 cm³/mol. The Morgan fingerprint density at radius 1 is 0.224 bits per heavy atom. The van der Waals surface area contributed by atoms with Crippen molar-refractivity contribution >= 4 is 129 Å². The monoisotopic (exact) mass is 1380 g/mol. The van der Waals surface area contributed by atoms with Crippen molar-refractivity contribution in [3.8, 4) is 78.5 Å². The summed E-state index contributed by atoms with van der Waals surface area (Å²) in [6.07, 6.45) is 0. The Kier molecular flexibility index (Phi) is 15.4. The SMILES string of the molecule is Brc1ccc2ccc3c(Br)ccc4ccc1c2c43.C.c1ccc(-c2[nH]c3ccccc3c2-c2ccccc2)cc1.c1ccc(-c2c(-c3ccccc3)n(-c3ccc4ccc5c(-n6c(-c7ccccc7)c(-c7ccccc7)c7ccccc76)ccc6ccc3c4c65)c3ccccc23)cc1. The van der Waals surface area contributed by atoms with Crippen LogP contribution in [-0.4, -0.2) is 14.1 Å². The highest BCUT2D eigenvalue weighted by atomic mass is 79.9. The summed E-state index contributed by atoms with van der Waals surface area (Å²) in [5.74, 6) is 0. The van der Waals surface area contributed by atoms with Crippen molar-refractivity contribution in [1.82, 2.24) is 14.1 Å². The molecular formula is C93H63Br2N3. The molecule has 464 valence electrons. The molecule has 0 aliphatic heterocycles. The fourth-order valence-electron chi connectivity index (χ4n) is 15.3. The highest BCUT2D eigenvalue weighted by molar-refractivity contribution is 9.11. The third-order valence-corrected chi connectivity index (χ3v) is 20.8. The molecule has 0 bridgehead atoms. The lowest BCUT2D eigenvalue weighted by atomic mass is 9.92. The first-order valence-corrected chi connectivity index (χ1v) is 34.5. The van der Waals surface area contributed by atoms with Gasteiger partial charge in [-0.3, -0.25) is 0 Å². The van der Waals surface area contributed by atoms with Crippen LogP contribution < -0.4 is 0 Å². The molecule has 0 spiro atoms. The summed E-state index contributed by atoms with van der Waals surface area (Å²) in [5.41, 5.74) is 20.5. The van der Waals surface area contributed by atoms with Gasteiger partial charge in [0.05, 0.1) is 39.5 Å². The number of nitrogens with one attached hydrogen (secondary N) is 1. The maximum atomic E-state index is 3.65. The number of H-pyrrole nitrogens is 1. The molecule has 0 amide bonds. The Bertz CT molecular complexity index is 5980. The molecule has 0 aliphatic carbocycles. The standard InChI is InChI=1S/C56H36N2.C20H15N.C16H8Br2.CH4/c1-5-17-37(18-6-1)53-43-25-13-15-27-47(43)57(55(53)41-21-9-3-10-22-41)49-35-31-39-30-34-46-50(36-32-40-29-33-45(49)51(39)52(40)46)58-48-28-16-14-26-44(48)54(38-19-7-2-8-20-38)56(58)42-23-11-4-12-24-42;1-3-9-15(10-4-1)19-17-13-7-8-14-18(17)21-20(19)16-11-5-2-6-12-16;17-13-8-4-10-2-6-12-14(18)7-3-9-1-5-11(13)16(10)15(9)12;/h1-36H;1-14,21H;1-8H;1H4. The van der Waals surface area contributed by atoms with Crippen molar-refractivity contribution < 1.29 is 0 Å². The van der Waals surface area contributed by atoms with Gasteiger partial charge in [0.15, 0.2) is 0 Å². The molecule has 20 aromatic rings. The molecule has 20 rings (SSSR count). The number of hydrogen-bond acceptors (Lipinski definition) is 0. The Hall–Kier alpha value is -11.6. The summed E-state index contributed by atoms with van der Waals surface area (Å²) in [6, 6.07) is 127. The zero-order valence-corrected chi connectivity index (χ0v) is 55.8. The number of fused-ring (bicyclic) bond motifs is 3. The van der Waals surface area contributed by atoms with E-state index < -0.39 is 0 Å². The van der Waals surface area contributed by atoms with Crippen LogP contribution in [0.5, 0.6) is 0 Å². The second kappa shape index (κ2) is 25.2. The number of hydrogen-bond donors (Lipinski definition) is 1. The van der Waals surface area contributed by atoms with E-state index in [0.717, 1.165) is 8.95 Å². The second-order valence-corrected chi connectivity index (χ2v) is 26.6. The van der Waals surface area contributed by atoms with Crippen molar-refractivity contribution in [1.29, 1.82) is 0 Å². The Morgan fingerprint density at radius 3 is 0.929 bits per heavy atom. The maximum Gasteiger partial charge on any atom is 0.0619 e. The Balaban J connectivity index is 0.000000146. The fourth-order valence-corrected chi connectivity index (χ4v) is 16.2. The third kappa shape index (κ3) is 10.1. The molecule has 0 saturated heterocycles. The molecule has 17 aromatic carbocycles. The van der Waals surface area contributed by atoms with Crippen molar-refractivity contribution in [3.63, 3.8) is 0 Å². The highest BCUT2D eigenvalue weighted by Gasteiger charge is 2.26. The van der Waals surface area contributed by atoms with E-state index in [0.29, 0.717) is 0 Å². The summed E-state index contributed by atoms with van der Waals surface area (Å²) < 4.78 is 7.34. The van der Waals surface area contributed by atoms with Crippen molar-refractivity contribution in [3.05, 3.63) is 361 Å². The van der Waals surface area contributed by atoms with Gasteiger partial charge in [0, 0.05) is 58.1 Å². The van der Waals surface area contributed by atoms with Crippen LogP contribution in [0.25, 0.3) is 176 Å². The largest absolute Gasteiger partial charge is 0.354 e. The van der Waals surface area contributed by atoms with E-state index in [2.05, 4.69) is 392 Å². The number of aromatic nitrogens is 3. The molecule has 0 fully saturated rings. The van der Waals surface area contributed by atoms with Crippen LogP contribution in [0.2, 0.25) is 0 Å². The molecule has 0 radical (unpaired) electrons. The highest BCUT2D eigenvalue weighted by Crippen LogP contribution is 2.49. The van der Waals surface area contributed by atoms with Crippen LogP contribution in [0.15, 0.2) is 361 Å². The van der Waals surface area contributed by atoms with Gasteiger partial charge < -0.3 is 14.1 Å². The summed E-state index contributed by atoms with van der Waals surface area (Å²) >= 11 is 7.30.